The van der Waals surface area contributed by atoms with Gasteiger partial charge in [-0.3, -0.25) is 9.69 Å². The number of urea groups is 1. The van der Waals surface area contributed by atoms with E-state index in [1.165, 1.54) is 5.01 Å². The molecule has 0 aliphatic carbocycles. The quantitative estimate of drug-likeness (QED) is 0.532. The summed E-state index contributed by atoms with van der Waals surface area (Å²) in [5, 5.41) is 10.3. The summed E-state index contributed by atoms with van der Waals surface area (Å²) < 4.78 is 5.43. The number of hydrazone groups is 1. The van der Waals surface area contributed by atoms with Crippen molar-refractivity contribution >= 4 is 40.9 Å². The third-order valence-corrected chi connectivity index (χ3v) is 7.00. The fraction of sp³-hybridized carbons (Fsp3) is 0.444. The summed E-state index contributed by atoms with van der Waals surface area (Å²) in [6.45, 7) is 7.76. The van der Waals surface area contributed by atoms with Crippen LogP contribution in [-0.4, -0.2) is 84.4 Å². The molecule has 0 radical (unpaired) electrons. The molecular weight excluding hydrogens is 513 g/mol. The highest BCUT2D eigenvalue weighted by molar-refractivity contribution is 6.34. The Kier molecular flexibility index (Phi) is 9.43. The molecule has 0 saturated carbocycles. The number of nitrogens with zero attached hydrogens (tertiary/aromatic N) is 4. The number of amides is 3. The molecular formula is C27H33Cl2N5O3. The Labute approximate surface area is 228 Å². The number of halogens is 2. The standard InChI is InChI=1S/C27H33Cl2N5O3/c1-19(2)30-27(36)33(12-11-32-13-15-37-16-14-32)18-26(35)34-25(20-7-9-21(28)10-8-20)17-24(31-34)22-5-3-4-6-23(22)29/h3-10,19,25H,11-18H2,1-2H3,(H,30,36). The van der Waals surface area contributed by atoms with Gasteiger partial charge in [-0.15, -0.1) is 0 Å². The molecule has 4 rings (SSSR count). The Morgan fingerprint density at radius 3 is 2.49 bits per heavy atom. The van der Waals surface area contributed by atoms with Gasteiger partial charge in [0.25, 0.3) is 5.91 Å². The van der Waals surface area contributed by atoms with E-state index < -0.39 is 0 Å². The maximum atomic E-state index is 13.7. The van der Waals surface area contributed by atoms with Gasteiger partial charge in [0.15, 0.2) is 0 Å². The lowest BCUT2D eigenvalue weighted by Crippen LogP contribution is -2.50. The molecule has 1 N–H and O–H groups in total. The molecule has 1 saturated heterocycles. The van der Waals surface area contributed by atoms with Gasteiger partial charge in [0.2, 0.25) is 0 Å². The number of hydrogen-bond donors (Lipinski definition) is 1. The van der Waals surface area contributed by atoms with Crippen molar-refractivity contribution in [1.82, 2.24) is 20.1 Å². The van der Waals surface area contributed by atoms with Crippen LogP contribution in [0.15, 0.2) is 53.6 Å². The van der Waals surface area contributed by atoms with Crippen molar-refractivity contribution in [3.8, 4) is 0 Å². The average molecular weight is 546 g/mol. The first-order valence-corrected chi connectivity index (χ1v) is 13.3. The Morgan fingerprint density at radius 1 is 1.11 bits per heavy atom. The molecule has 0 bridgehead atoms. The van der Waals surface area contributed by atoms with E-state index in [1.807, 2.05) is 50.2 Å². The van der Waals surface area contributed by atoms with Crippen molar-refractivity contribution in [1.29, 1.82) is 0 Å². The number of morpholine rings is 1. The fourth-order valence-corrected chi connectivity index (χ4v) is 4.83. The third-order valence-electron chi connectivity index (χ3n) is 6.42. The minimum Gasteiger partial charge on any atom is -0.379 e. The Hall–Kier alpha value is -2.65. The monoisotopic (exact) mass is 545 g/mol. The smallest absolute Gasteiger partial charge is 0.318 e. The van der Waals surface area contributed by atoms with Gasteiger partial charge in [-0.1, -0.05) is 53.5 Å². The Balaban J connectivity index is 1.56. The van der Waals surface area contributed by atoms with Crippen LogP contribution >= 0.6 is 23.2 Å². The molecule has 2 aliphatic heterocycles. The largest absolute Gasteiger partial charge is 0.379 e. The molecule has 1 fully saturated rings. The van der Waals surface area contributed by atoms with Crippen LogP contribution in [0, 0.1) is 0 Å². The zero-order valence-corrected chi connectivity index (χ0v) is 22.7. The average Bonchev–Trinajstić information content (AvgIpc) is 3.32. The Bertz CT molecular complexity index is 1120. The summed E-state index contributed by atoms with van der Waals surface area (Å²) in [7, 11) is 0. The van der Waals surface area contributed by atoms with Gasteiger partial charge in [0, 0.05) is 54.3 Å². The van der Waals surface area contributed by atoms with Crippen LogP contribution in [0.5, 0.6) is 0 Å². The molecule has 2 aromatic rings. The lowest BCUT2D eigenvalue weighted by molar-refractivity contribution is -0.133. The lowest BCUT2D eigenvalue weighted by Gasteiger charge is -2.31. The summed E-state index contributed by atoms with van der Waals surface area (Å²) in [6, 6.07) is 14.2. The highest BCUT2D eigenvalue weighted by Gasteiger charge is 2.35. The van der Waals surface area contributed by atoms with E-state index in [2.05, 4.69) is 10.2 Å². The second-order valence-electron chi connectivity index (χ2n) is 9.52. The van der Waals surface area contributed by atoms with E-state index >= 15 is 0 Å². The predicted molar refractivity (Wildman–Crippen MR) is 146 cm³/mol. The van der Waals surface area contributed by atoms with Crippen molar-refractivity contribution in [2.75, 3.05) is 45.9 Å². The van der Waals surface area contributed by atoms with E-state index in [9.17, 15) is 9.59 Å². The molecule has 1 unspecified atom stereocenters. The first-order valence-electron chi connectivity index (χ1n) is 12.6. The van der Waals surface area contributed by atoms with Gasteiger partial charge in [-0.25, -0.2) is 9.80 Å². The molecule has 37 heavy (non-hydrogen) atoms. The molecule has 8 nitrogen and oxygen atoms in total. The van der Waals surface area contributed by atoms with Crippen LogP contribution in [-0.2, 0) is 9.53 Å². The van der Waals surface area contributed by atoms with E-state index in [0.717, 1.165) is 29.9 Å². The number of rotatable bonds is 8. The molecule has 198 valence electrons. The van der Waals surface area contributed by atoms with E-state index in [0.29, 0.717) is 42.8 Å². The van der Waals surface area contributed by atoms with Crippen molar-refractivity contribution in [3.05, 3.63) is 69.7 Å². The summed E-state index contributed by atoms with van der Waals surface area (Å²) >= 11 is 12.6. The van der Waals surface area contributed by atoms with Gasteiger partial charge in [0.05, 0.1) is 25.0 Å². The molecule has 10 heteroatoms. The molecule has 1 atom stereocenters. The first kappa shape index (κ1) is 27.4. The fourth-order valence-electron chi connectivity index (χ4n) is 4.46. The summed E-state index contributed by atoms with van der Waals surface area (Å²) in [5.74, 6) is -0.261. The maximum absolute atomic E-state index is 13.7. The van der Waals surface area contributed by atoms with Gasteiger partial charge >= 0.3 is 6.03 Å². The van der Waals surface area contributed by atoms with Crippen LogP contribution in [0.3, 0.4) is 0 Å². The van der Waals surface area contributed by atoms with E-state index in [-0.39, 0.29) is 30.6 Å². The maximum Gasteiger partial charge on any atom is 0.318 e. The molecule has 2 aliphatic rings. The number of carbonyl (C=O) groups is 2. The van der Waals surface area contributed by atoms with Crippen molar-refractivity contribution in [2.24, 2.45) is 5.10 Å². The van der Waals surface area contributed by atoms with E-state index in [1.54, 1.807) is 17.0 Å². The topological polar surface area (TPSA) is 77.5 Å². The third kappa shape index (κ3) is 7.23. The van der Waals surface area contributed by atoms with Crippen LogP contribution in [0.25, 0.3) is 0 Å². The SMILES string of the molecule is CC(C)NC(=O)N(CCN1CCOCC1)CC(=O)N1N=C(c2ccccc2Cl)CC1c1ccc(Cl)cc1. The van der Waals surface area contributed by atoms with Gasteiger partial charge in [0.1, 0.15) is 6.54 Å². The molecule has 2 aromatic carbocycles. The normalized spacial score (nSPS) is 18.1. The first-order chi connectivity index (χ1) is 17.8. The zero-order chi connectivity index (χ0) is 26.4. The highest BCUT2D eigenvalue weighted by atomic mass is 35.5. The van der Waals surface area contributed by atoms with E-state index in [4.69, 9.17) is 33.0 Å². The van der Waals surface area contributed by atoms with Crippen molar-refractivity contribution < 1.29 is 14.3 Å². The van der Waals surface area contributed by atoms with Crippen molar-refractivity contribution in [3.63, 3.8) is 0 Å². The second kappa shape index (κ2) is 12.7. The zero-order valence-electron chi connectivity index (χ0n) is 21.2. The summed E-state index contributed by atoms with van der Waals surface area (Å²) in [4.78, 5) is 30.6. The predicted octanol–water partition coefficient (Wildman–Crippen LogP) is 4.42. The molecule has 2 heterocycles. The Morgan fingerprint density at radius 2 is 1.81 bits per heavy atom. The number of nitrogens with one attached hydrogen (secondary N) is 1. The van der Waals surface area contributed by atoms with Crippen LogP contribution in [0.4, 0.5) is 4.79 Å². The number of ether oxygens (including phenoxy) is 1. The van der Waals surface area contributed by atoms with Gasteiger partial charge in [-0.05, 0) is 37.6 Å². The summed E-state index contributed by atoms with van der Waals surface area (Å²) in [6.07, 6.45) is 0.503. The second-order valence-corrected chi connectivity index (χ2v) is 10.4. The van der Waals surface area contributed by atoms with Crippen LogP contribution in [0.2, 0.25) is 10.0 Å². The van der Waals surface area contributed by atoms with Gasteiger partial charge in [-0.2, -0.15) is 5.10 Å². The number of benzene rings is 2. The lowest BCUT2D eigenvalue weighted by atomic mass is 9.98. The number of carbonyl (C=O) groups excluding carboxylic acids is 2. The number of hydrogen-bond acceptors (Lipinski definition) is 5. The molecule has 0 aromatic heterocycles. The van der Waals surface area contributed by atoms with Crippen molar-refractivity contribution in [2.45, 2.75) is 32.4 Å². The molecule has 0 spiro atoms. The minimum atomic E-state index is -0.328. The van der Waals surface area contributed by atoms with Crippen LogP contribution in [0.1, 0.15) is 37.4 Å². The van der Waals surface area contributed by atoms with Gasteiger partial charge < -0.3 is 15.0 Å². The minimum absolute atomic E-state index is 0.0491. The van der Waals surface area contributed by atoms with Crippen LogP contribution < -0.4 is 5.32 Å². The molecule has 3 amide bonds. The highest BCUT2D eigenvalue weighted by Crippen LogP contribution is 2.35. The summed E-state index contributed by atoms with van der Waals surface area (Å²) in [5.41, 5.74) is 2.43.